The summed E-state index contributed by atoms with van der Waals surface area (Å²) >= 11 is 0. The van der Waals surface area contributed by atoms with Crippen LogP contribution in [0, 0.1) is 5.41 Å². The quantitative estimate of drug-likeness (QED) is 0.732. The lowest BCUT2D eigenvalue weighted by molar-refractivity contribution is 0.243. The number of anilines is 1. The highest BCUT2D eigenvalue weighted by Gasteiger charge is 2.33. The first kappa shape index (κ1) is 17.1. The van der Waals surface area contributed by atoms with E-state index in [1.54, 1.807) is 4.90 Å². The lowest BCUT2D eigenvalue weighted by Crippen LogP contribution is -2.27. The molecule has 1 aromatic heterocycles. The second-order valence-electron chi connectivity index (χ2n) is 6.87. The average Bonchev–Trinajstić information content (AvgIpc) is 3.11. The molecule has 0 bridgehead atoms. The molecule has 3 aromatic rings. The van der Waals surface area contributed by atoms with E-state index in [-0.39, 0.29) is 24.2 Å². The van der Waals surface area contributed by atoms with Gasteiger partial charge in [-0.05, 0) is 38.1 Å². The van der Waals surface area contributed by atoms with E-state index >= 15 is 0 Å². The summed E-state index contributed by atoms with van der Waals surface area (Å²) in [4.78, 5) is 6.39. The standard InChI is InChI=1S/C21H22N4O2/c1-13(2)27-18-11-7-6-10-16(18)25-12-17(26)19(20(25)22)21-23-14-8-4-5-9-15(14)24(21)3/h4-11,13,22,26H,12H2,1-3H3. The van der Waals surface area contributed by atoms with E-state index in [0.717, 1.165) is 16.7 Å². The zero-order valence-corrected chi connectivity index (χ0v) is 15.6. The number of hydrogen-bond acceptors (Lipinski definition) is 4. The third-order valence-corrected chi connectivity index (χ3v) is 4.63. The van der Waals surface area contributed by atoms with Crippen molar-refractivity contribution in [3.05, 3.63) is 60.1 Å². The van der Waals surface area contributed by atoms with Crippen molar-refractivity contribution in [2.75, 3.05) is 11.4 Å². The van der Waals surface area contributed by atoms with Crippen LogP contribution in [0.25, 0.3) is 16.6 Å². The third kappa shape index (κ3) is 2.83. The van der Waals surface area contributed by atoms with Gasteiger partial charge in [-0.25, -0.2) is 4.98 Å². The van der Waals surface area contributed by atoms with Gasteiger partial charge in [-0.15, -0.1) is 0 Å². The van der Waals surface area contributed by atoms with Gasteiger partial charge in [-0.1, -0.05) is 24.3 Å². The first-order valence-electron chi connectivity index (χ1n) is 8.93. The maximum Gasteiger partial charge on any atom is 0.148 e. The minimum atomic E-state index is 0.0174. The van der Waals surface area contributed by atoms with Gasteiger partial charge in [0, 0.05) is 7.05 Å². The van der Waals surface area contributed by atoms with Crippen molar-refractivity contribution in [2.24, 2.45) is 7.05 Å². The Morgan fingerprint density at radius 1 is 1.11 bits per heavy atom. The highest BCUT2D eigenvalue weighted by molar-refractivity contribution is 6.30. The number of imidazole rings is 1. The van der Waals surface area contributed by atoms with Crippen LogP contribution in [0.3, 0.4) is 0 Å². The summed E-state index contributed by atoms with van der Waals surface area (Å²) in [6.07, 6.45) is 0.0174. The van der Waals surface area contributed by atoms with Crippen LogP contribution in [0.2, 0.25) is 0 Å². The average molecular weight is 362 g/mol. The summed E-state index contributed by atoms with van der Waals surface area (Å²) in [5.41, 5.74) is 3.01. The Morgan fingerprint density at radius 2 is 1.81 bits per heavy atom. The predicted octanol–water partition coefficient (Wildman–Crippen LogP) is 4.13. The number of amidine groups is 1. The summed E-state index contributed by atoms with van der Waals surface area (Å²) < 4.78 is 7.81. The molecule has 0 aliphatic carbocycles. The molecule has 0 spiro atoms. The van der Waals surface area contributed by atoms with Gasteiger partial charge in [-0.2, -0.15) is 0 Å². The first-order chi connectivity index (χ1) is 13.0. The van der Waals surface area contributed by atoms with Crippen molar-refractivity contribution in [3.8, 4) is 5.75 Å². The number of benzene rings is 2. The second-order valence-corrected chi connectivity index (χ2v) is 6.87. The fourth-order valence-electron chi connectivity index (χ4n) is 3.42. The van der Waals surface area contributed by atoms with E-state index in [1.165, 1.54) is 0 Å². The minimum Gasteiger partial charge on any atom is -0.509 e. The topological polar surface area (TPSA) is 74.4 Å². The van der Waals surface area contributed by atoms with Crippen molar-refractivity contribution >= 4 is 28.1 Å². The van der Waals surface area contributed by atoms with Gasteiger partial charge >= 0.3 is 0 Å². The molecule has 0 atom stereocenters. The molecule has 27 heavy (non-hydrogen) atoms. The number of ether oxygens (including phenoxy) is 1. The molecule has 2 aromatic carbocycles. The van der Waals surface area contributed by atoms with Gasteiger partial charge < -0.3 is 19.3 Å². The summed E-state index contributed by atoms with van der Waals surface area (Å²) in [7, 11) is 1.90. The molecule has 2 heterocycles. The van der Waals surface area contributed by atoms with E-state index in [1.807, 2.05) is 74.0 Å². The van der Waals surface area contributed by atoms with Crippen molar-refractivity contribution < 1.29 is 9.84 Å². The lowest BCUT2D eigenvalue weighted by Gasteiger charge is -2.23. The molecule has 0 unspecified atom stereocenters. The molecule has 0 saturated heterocycles. The van der Waals surface area contributed by atoms with Gasteiger partial charge in [0.2, 0.25) is 0 Å². The van der Waals surface area contributed by atoms with Crippen molar-refractivity contribution in [3.63, 3.8) is 0 Å². The highest BCUT2D eigenvalue weighted by Crippen LogP contribution is 2.36. The number of aryl methyl sites for hydroxylation is 1. The number of para-hydroxylation sites is 4. The number of nitrogens with zero attached hydrogens (tertiary/aromatic N) is 3. The van der Waals surface area contributed by atoms with Gasteiger partial charge in [0.1, 0.15) is 23.2 Å². The number of nitrogens with one attached hydrogen (secondary N) is 1. The molecular weight excluding hydrogens is 340 g/mol. The molecule has 0 saturated carbocycles. The van der Waals surface area contributed by atoms with Crippen LogP contribution >= 0.6 is 0 Å². The zero-order chi connectivity index (χ0) is 19.1. The van der Waals surface area contributed by atoms with Crippen LogP contribution in [0.15, 0.2) is 54.3 Å². The normalized spacial score (nSPS) is 14.7. The summed E-state index contributed by atoms with van der Waals surface area (Å²) in [6.45, 7) is 4.15. The molecule has 2 N–H and O–H groups in total. The maximum absolute atomic E-state index is 10.7. The summed E-state index contributed by atoms with van der Waals surface area (Å²) in [6, 6.07) is 15.4. The SMILES string of the molecule is CC(C)Oc1ccccc1N1CC(O)=C(c2nc3ccccc3n2C)C1=N. The number of aromatic nitrogens is 2. The monoisotopic (exact) mass is 362 g/mol. The van der Waals surface area contributed by atoms with Gasteiger partial charge in [0.05, 0.1) is 34.9 Å². The molecule has 1 aliphatic rings. The highest BCUT2D eigenvalue weighted by atomic mass is 16.5. The molecule has 4 rings (SSSR count). The molecule has 0 amide bonds. The maximum atomic E-state index is 10.7. The fraction of sp³-hybridized carbons (Fsp3) is 0.238. The molecule has 6 heteroatoms. The van der Waals surface area contributed by atoms with Crippen LogP contribution in [-0.4, -0.2) is 33.1 Å². The van der Waals surface area contributed by atoms with Crippen molar-refractivity contribution in [2.45, 2.75) is 20.0 Å². The lowest BCUT2D eigenvalue weighted by atomic mass is 10.2. The van der Waals surface area contributed by atoms with Crippen LogP contribution in [0.4, 0.5) is 5.69 Å². The van der Waals surface area contributed by atoms with Gasteiger partial charge in [0.25, 0.3) is 0 Å². The predicted molar refractivity (Wildman–Crippen MR) is 108 cm³/mol. The Balaban J connectivity index is 1.75. The van der Waals surface area contributed by atoms with E-state index in [4.69, 9.17) is 10.1 Å². The van der Waals surface area contributed by atoms with Gasteiger partial charge in [0.15, 0.2) is 0 Å². The Morgan fingerprint density at radius 3 is 2.56 bits per heavy atom. The van der Waals surface area contributed by atoms with E-state index in [0.29, 0.717) is 17.1 Å². The third-order valence-electron chi connectivity index (χ3n) is 4.63. The smallest absolute Gasteiger partial charge is 0.148 e. The number of fused-ring (bicyclic) bond motifs is 1. The number of aliphatic hydroxyl groups is 1. The van der Waals surface area contributed by atoms with Crippen LogP contribution in [-0.2, 0) is 7.05 Å². The van der Waals surface area contributed by atoms with Crippen LogP contribution in [0.5, 0.6) is 5.75 Å². The Hall–Kier alpha value is -3.28. The molecule has 138 valence electrons. The largest absolute Gasteiger partial charge is 0.509 e. The van der Waals surface area contributed by atoms with Crippen LogP contribution < -0.4 is 9.64 Å². The molecule has 1 aliphatic heterocycles. The molecular formula is C21H22N4O2. The first-order valence-corrected chi connectivity index (χ1v) is 8.93. The zero-order valence-electron chi connectivity index (χ0n) is 15.6. The number of aliphatic hydroxyl groups excluding tert-OH is 1. The second kappa shape index (κ2) is 6.46. The van der Waals surface area contributed by atoms with E-state index < -0.39 is 0 Å². The molecule has 0 fully saturated rings. The van der Waals surface area contributed by atoms with Crippen LogP contribution in [0.1, 0.15) is 19.7 Å². The summed E-state index contributed by atoms with van der Waals surface area (Å²) in [5, 5.41) is 19.4. The fourth-order valence-corrected chi connectivity index (χ4v) is 3.42. The van der Waals surface area contributed by atoms with Crippen molar-refractivity contribution in [1.82, 2.24) is 9.55 Å². The molecule has 6 nitrogen and oxygen atoms in total. The van der Waals surface area contributed by atoms with Gasteiger partial charge in [-0.3, -0.25) is 5.41 Å². The Bertz CT molecular complexity index is 1060. The van der Waals surface area contributed by atoms with Crippen molar-refractivity contribution in [1.29, 1.82) is 5.41 Å². The Labute approximate surface area is 157 Å². The minimum absolute atomic E-state index is 0.0174. The number of rotatable bonds is 4. The summed E-state index contributed by atoms with van der Waals surface area (Å²) in [5.74, 6) is 1.63. The number of hydrogen-bond donors (Lipinski definition) is 2. The Kier molecular flexibility index (Phi) is 4.11. The van der Waals surface area contributed by atoms with E-state index in [9.17, 15) is 5.11 Å². The molecule has 0 radical (unpaired) electrons. The van der Waals surface area contributed by atoms with E-state index in [2.05, 4.69) is 4.98 Å².